The second-order valence-electron chi connectivity index (χ2n) is 6.09. The molecule has 0 saturated heterocycles. The van der Waals surface area contributed by atoms with Crippen LogP contribution in [0.2, 0.25) is 0 Å². The number of aliphatic carboxylic acids is 1. The first-order valence-electron chi connectivity index (χ1n) is 7.62. The van der Waals surface area contributed by atoms with E-state index in [1.165, 1.54) is 37.4 Å². The van der Waals surface area contributed by atoms with Crippen molar-refractivity contribution in [3.8, 4) is 0 Å². The van der Waals surface area contributed by atoms with E-state index < -0.39 is 38.2 Å². The molecule has 0 aromatic heterocycles. The number of carbonyl (C=O) groups is 1. The van der Waals surface area contributed by atoms with E-state index in [2.05, 4.69) is 0 Å². The zero-order valence-electron chi connectivity index (χ0n) is 13.4. The van der Waals surface area contributed by atoms with Crippen LogP contribution in [0, 0.1) is 11.2 Å². The van der Waals surface area contributed by atoms with Gasteiger partial charge < -0.3 is 9.84 Å². The highest BCUT2D eigenvalue weighted by atomic mass is 32.2. The number of ether oxygens (including phenoxy) is 1. The quantitative estimate of drug-likeness (QED) is 0.852. The van der Waals surface area contributed by atoms with Crippen molar-refractivity contribution in [3.05, 3.63) is 66.0 Å². The molecule has 0 radical (unpaired) electrons. The van der Waals surface area contributed by atoms with Gasteiger partial charge in [-0.15, -0.1) is 0 Å². The molecule has 25 heavy (non-hydrogen) atoms. The van der Waals surface area contributed by atoms with Gasteiger partial charge >= 0.3 is 5.97 Å². The number of hydrogen-bond donors (Lipinski definition) is 1. The molecule has 3 atom stereocenters. The predicted molar refractivity (Wildman–Crippen MR) is 88.5 cm³/mol. The molecule has 0 unspecified atom stereocenters. The number of carboxylic acids is 1. The lowest BCUT2D eigenvalue weighted by atomic mass is 10.00. The average Bonchev–Trinajstić information content (AvgIpc) is 3.27. The molecule has 0 amide bonds. The van der Waals surface area contributed by atoms with Crippen LogP contribution in [0.15, 0.2) is 59.5 Å². The lowest BCUT2D eigenvalue weighted by Gasteiger charge is -2.12. The van der Waals surface area contributed by atoms with E-state index in [-0.39, 0.29) is 11.5 Å². The maximum Gasteiger partial charge on any atom is 0.314 e. The summed E-state index contributed by atoms with van der Waals surface area (Å²) in [6.45, 7) is -0.278. The second-order valence-corrected chi connectivity index (χ2v) is 8.16. The molecule has 2 aromatic rings. The van der Waals surface area contributed by atoms with Gasteiger partial charge in [-0.1, -0.05) is 30.3 Å². The Morgan fingerprint density at radius 2 is 1.88 bits per heavy atom. The number of sulfone groups is 1. The Balaban J connectivity index is 2.14. The highest BCUT2D eigenvalue weighted by Crippen LogP contribution is 2.64. The zero-order valence-corrected chi connectivity index (χ0v) is 14.2. The van der Waals surface area contributed by atoms with Crippen LogP contribution in [0.5, 0.6) is 0 Å². The summed E-state index contributed by atoms with van der Waals surface area (Å²) in [6, 6.07) is 13.1. The number of hydrogen-bond acceptors (Lipinski definition) is 4. The molecule has 0 spiro atoms. The van der Waals surface area contributed by atoms with Gasteiger partial charge in [0.25, 0.3) is 0 Å². The van der Waals surface area contributed by atoms with Gasteiger partial charge in [-0.05, 0) is 29.8 Å². The lowest BCUT2D eigenvalue weighted by Crippen LogP contribution is -2.28. The topological polar surface area (TPSA) is 80.7 Å². The molecule has 5 nitrogen and oxygen atoms in total. The molecule has 1 aliphatic carbocycles. The van der Waals surface area contributed by atoms with Crippen LogP contribution in [0.1, 0.15) is 11.5 Å². The van der Waals surface area contributed by atoms with Crippen LogP contribution in [0.4, 0.5) is 4.39 Å². The van der Waals surface area contributed by atoms with Crippen LogP contribution in [-0.2, 0) is 19.4 Å². The minimum absolute atomic E-state index is 0.0423. The van der Waals surface area contributed by atoms with Gasteiger partial charge in [0.1, 0.15) is 11.2 Å². The first-order valence-corrected chi connectivity index (χ1v) is 9.17. The summed E-state index contributed by atoms with van der Waals surface area (Å²) in [6.07, 6.45) is 0. The van der Waals surface area contributed by atoms with E-state index in [1.807, 2.05) is 0 Å². The largest absolute Gasteiger partial charge is 0.481 e. The van der Waals surface area contributed by atoms with Crippen molar-refractivity contribution in [1.29, 1.82) is 0 Å². The van der Waals surface area contributed by atoms with Gasteiger partial charge in [-0.25, -0.2) is 12.8 Å². The van der Waals surface area contributed by atoms with Crippen molar-refractivity contribution < 1.29 is 27.4 Å². The second kappa shape index (κ2) is 6.24. The summed E-state index contributed by atoms with van der Waals surface area (Å²) in [4.78, 5) is 12.0. The fourth-order valence-corrected chi connectivity index (χ4v) is 5.90. The standard InChI is InChI=1S/C18H17FO5S/c1-24-11-18(17(20)21)15(12-6-5-7-13(19)10-12)16(18)25(22,23)14-8-3-2-4-9-14/h2-10,15-16H,11H2,1H3,(H,20,21)/t15-,16-,18+/m1/s1. The zero-order chi connectivity index (χ0) is 18.2. The Bertz CT molecular complexity index is 897. The number of rotatable bonds is 6. The Morgan fingerprint density at radius 1 is 1.20 bits per heavy atom. The summed E-state index contributed by atoms with van der Waals surface area (Å²) in [5.41, 5.74) is -1.30. The van der Waals surface area contributed by atoms with Gasteiger partial charge in [0.2, 0.25) is 0 Å². The molecule has 132 valence electrons. The van der Waals surface area contributed by atoms with E-state index >= 15 is 0 Å². The molecule has 3 rings (SSSR count). The summed E-state index contributed by atoms with van der Waals surface area (Å²) < 4.78 is 44.7. The van der Waals surface area contributed by atoms with Gasteiger partial charge in [-0.3, -0.25) is 4.79 Å². The van der Waals surface area contributed by atoms with Gasteiger partial charge in [0.15, 0.2) is 9.84 Å². The first-order chi connectivity index (χ1) is 11.9. The summed E-state index contributed by atoms with van der Waals surface area (Å²) in [7, 11) is -2.62. The smallest absolute Gasteiger partial charge is 0.314 e. The third-order valence-corrected chi connectivity index (χ3v) is 6.94. The average molecular weight is 364 g/mol. The molecule has 1 saturated carbocycles. The van der Waals surface area contributed by atoms with Crippen LogP contribution in [0.25, 0.3) is 0 Å². The molecule has 0 aliphatic heterocycles. The Kier molecular flexibility index (Phi) is 4.38. The normalized spacial score (nSPS) is 25.5. The molecule has 7 heteroatoms. The lowest BCUT2D eigenvalue weighted by molar-refractivity contribution is -0.145. The fourth-order valence-electron chi connectivity index (χ4n) is 3.52. The number of halogens is 1. The summed E-state index contributed by atoms with van der Waals surface area (Å²) in [5.74, 6) is -2.70. The van der Waals surface area contributed by atoms with Crippen LogP contribution < -0.4 is 0 Å². The van der Waals surface area contributed by atoms with E-state index in [1.54, 1.807) is 24.3 Å². The van der Waals surface area contributed by atoms with Gasteiger partial charge in [0, 0.05) is 13.0 Å². The maximum absolute atomic E-state index is 13.6. The Hall–Kier alpha value is -2.25. The number of benzene rings is 2. The molecular formula is C18H17FO5S. The highest BCUT2D eigenvalue weighted by molar-refractivity contribution is 7.92. The molecule has 1 N–H and O–H groups in total. The van der Waals surface area contributed by atoms with Crippen LogP contribution in [0.3, 0.4) is 0 Å². The van der Waals surface area contributed by atoms with Crippen LogP contribution in [-0.4, -0.2) is 38.5 Å². The van der Waals surface area contributed by atoms with Crippen LogP contribution >= 0.6 is 0 Å². The minimum atomic E-state index is -3.93. The predicted octanol–water partition coefficient (Wildman–Crippen LogP) is 2.48. The number of carboxylic acid groups (broad SMARTS) is 1. The maximum atomic E-state index is 13.6. The fraction of sp³-hybridized carbons (Fsp3) is 0.278. The molecule has 2 aromatic carbocycles. The van der Waals surface area contributed by atoms with Gasteiger partial charge in [0.05, 0.1) is 16.8 Å². The Labute approximate surface area is 145 Å². The summed E-state index contributed by atoms with van der Waals surface area (Å²) in [5, 5.41) is 8.56. The highest BCUT2D eigenvalue weighted by Gasteiger charge is 2.76. The van der Waals surface area contributed by atoms with Crippen molar-refractivity contribution in [2.24, 2.45) is 5.41 Å². The first kappa shape index (κ1) is 17.6. The molecule has 0 heterocycles. The molecule has 0 bridgehead atoms. The monoisotopic (exact) mass is 364 g/mol. The van der Waals surface area contributed by atoms with E-state index in [4.69, 9.17) is 4.74 Å². The van der Waals surface area contributed by atoms with Crippen molar-refractivity contribution in [2.45, 2.75) is 16.1 Å². The van der Waals surface area contributed by atoms with Crippen molar-refractivity contribution >= 4 is 15.8 Å². The van der Waals surface area contributed by atoms with Crippen molar-refractivity contribution in [1.82, 2.24) is 0 Å². The molecule has 1 aliphatic rings. The Morgan fingerprint density at radius 3 is 2.44 bits per heavy atom. The minimum Gasteiger partial charge on any atom is -0.481 e. The van der Waals surface area contributed by atoms with Crippen molar-refractivity contribution in [3.63, 3.8) is 0 Å². The van der Waals surface area contributed by atoms with E-state index in [0.717, 1.165) is 0 Å². The molecule has 1 fully saturated rings. The van der Waals surface area contributed by atoms with Crippen molar-refractivity contribution in [2.75, 3.05) is 13.7 Å². The van der Waals surface area contributed by atoms with E-state index in [9.17, 15) is 22.7 Å². The molecular weight excluding hydrogens is 347 g/mol. The van der Waals surface area contributed by atoms with Gasteiger partial charge in [-0.2, -0.15) is 0 Å². The third-order valence-electron chi connectivity index (χ3n) is 4.65. The number of methoxy groups -OCH3 is 1. The summed E-state index contributed by atoms with van der Waals surface area (Å²) >= 11 is 0. The third kappa shape index (κ3) is 2.73. The van der Waals surface area contributed by atoms with E-state index in [0.29, 0.717) is 5.56 Å². The SMILES string of the molecule is COC[C@]1(C(=O)O)[C@H](c2cccc(F)c2)[C@H]1S(=O)(=O)c1ccccc1.